The lowest BCUT2D eigenvalue weighted by molar-refractivity contribution is -0.125. The molecule has 0 unspecified atom stereocenters. The number of hydrogen-bond acceptors (Lipinski definition) is 4. The number of amides is 2. The average Bonchev–Trinajstić information content (AvgIpc) is 3.44. The van der Waals surface area contributed by atoms with Gasteiger partial charge in [-0.1, -0.05) is 28.4 Å². The van der Waals surface area contributed by atoms with Crippen molar-refractivity contribution in [2.45, 2.75) is 0 Å². The van der Waals surface area contributed by atoms with E-state index in [0.29, 0.717) is 47.3 Å². The summed E-state index contributed by atoms with van der Waals surface area (Å²) in [6.45, 7) is 2.60. The molecule has 2 fully saturated rings. The van der Waals surface area contributed by atoms with Gasteiger partial charge in [0.05, 0.1) is 5.52 Å². The number of carbonyl (C=O) groups is 2. The topological polar surface area (TPSA) is 82.2 Å². The maximum atomic E-state index is 12.9. The molecule has 0 aliphatic carbocycles. The summed E-state index contributed by atoms with van der Waals surface area (Å²) in [5.41, 5.74) is 2.87. The molecular formula is C22H19Cl2N5O2. The molecule has 2 amide bonds. The Bertz CT molecular complexity index is 1170. The molecule has 5 rings (SSSR count). The van der Waals surface area contributed by atoms with Gasteiger partial charge in [-0.05, 0) is 48.0 Å². The van der Waals surface area contributed by atoms with Crippen LogP contribution in [-0.2, 0) is 4.79 Å². The highest BCUT2D eigenvalue weighted by molar-refractivity contribution is 6.34. The van der Waals surface area contributed by atoms with Gasteiger partial charge in [0.2, 0.25) is 5.91 Å². The van der Waals surface area contributed by atoms with E-state index in [9.17, 15) is 9.59 Å². The van der Waals surface area contributed by atoms with Crippen LogP contribution in [0.2, 0.25) is 10.0 Å². The van der Waals surface area contributed by atoms with E-state index in [2.05, 4.69) is 15.4 Å². The standard InChI is InChI=1S/C22H19Cl2N5O2/c23-17-5-13(6-18(24)8-17)1-4-21(30)28-9-15-11-29(12-16(15)10-28)22(31)14-2-3-19-20(7-14)26-27-25-19/h1-8,15-16H,9-12H2,(H,25,26,27)/t15-,16-/m1/s1. The fourth-order valence-corrected chi connectivity index (χ4v) is 4.98. The normalized spacial score (nSPS) is 20.7. The van der Waals surface area contributed by atoms with Crippen LogP contribution in [-0.4, -0.2) is 63.2 Å². The van der Waals surface area contributed by atoms with Gasteiger partial charge in [0.25, 0.3) is 5.91 Å². The Kier molecular flexibility index (Phi) is 5.16. The lowest BCUT2D eigenvalue weighted by atomic mass is 10.0. The fraction of sp³-hybridized carbons (Fsp3) is 0.273. The highest BCUT2D eigenvalue weighted by Crippen LogP contribution is 2.32. The second-order valence-corrected chi connectivity index (χ2v) is 8.93. The summed E-state index contributed by atoms with van der Waals surface area (Å²) in [6, 6.07) is 10.5. The maximum Gasteiger partial charge on any atom is 0.253 e. The number of likely N-dealkylation sites (tertiary alicyclic amines) is 2. The van der Waals surface area contributed by atoms with Crippen LogP contribution in [0.15, 0.2) is 42.5 Å². The van der Waals surface area contributed by atoms with Crippen LogP contribution in [0.5, 0.6) is 0 Å². The van der Waals surface area contributed by atoms with Crippen molar-refractivity contribution < 1.29 is 9.59 Å². The van der Waals surface area contributed by atoms with Crippen molar-refractivity contribution in [3.8, 4) is 0 Å². The molecule has 31 heavy (non-hydrogen) atoms. The van der Waals surface area contributed by atoms with Gasteiger partial charge in [-0.2, -0.15) is 0 Å². The van der Waals surface area contributed by atoms with E-state index >= 15 is 0 Å². The second-order valence-electron chi connectivity index (χ2n) is 8.05. The van der Waals surface area contributed by atoms with Gasteiger partial charge in [0, 0.05) is 59.7 Å². The summed E-state index contributed by atoms with van der Waals surface area (Å²) in [7, 11) is 0. The van der Waals surface area contributed by atoms with E-state index in [4.69, 9.17) is 23.2 Å². The highest BCUT2D eigenvalue weighted by Gasteiger charge is 2.42. The summed E-state index contributed by atoms with van der Waals surface area (Å²) in [5.74, 6) is 0.533. The molecule has 9 heteroatoms. The molecule has 2 atom stereocenters. The first-order chi connectivity index (χ1) is 15.0. The molecule has 2 aromatic carbocycles. The van der Waals surface area contributed by atoms with E-state index in [-0.39, 0.29) is 23.7 Å². The number of nitrogens with one attached hydrogen (secondary N) is 1. The van der Waals surface area contributed by atoms with Crippen LogP contribution in [0, 0.1) is 11.8 Å². The number of carbonyl (C=O) groups excluding carboxylic acids is 2. The minimum absolute atomic E-state index is 0.00472. The zero-order valence-corrected chi connectivity index (χ0v) is 18.0. The number of nitrogens with zero attached hydrogens (tertiary/aromatic N) is 4. The molecule has 0 spiro atoms. The van der Waals surface area contributed by atoms with Crippen LogP contribution in [0.4, 0.5) is 0 Å². The molecule has 0 bridgehead atoms. The number of aromatic nitrogens is 3. The minimum atomic E-state index is -0.0418. The van der Waals surface area contributed by atoms with Gasteiger partial charge in [0.15, 0.2) is 0 Å². The van der Waals surface area contributed by atoms with Gasteiger partial charge in [-0.15, -0.1) is 5.10 Å². The van der Waals surface area contributed by atoms with E-state index in [0.717, 1.165) is 11.1 Å². The van der Waals surface area contributed by atoms with E-state index < -0.39 is 0 Å². The minimum Gasteiger partial charge on any atom is -0.338 e. The third kappa shape index (κ3) is 4.03. The number of aromatic amines is 1. The molecule has 1 aromatic heterocycles. The summed E-state index contributed by atoms with van der Waals surface area (Å²) in [4.78, 5) is 29.3. The van der Waals surface area contributed by atoms with Gasteiger partial charge in [-0.3, -0.25) is 14.7 Å². The Labute approximate surface area is 188 Å². The quantitative estimate of drug-likeness (QED) is 0.612. The second kappa shape index (κ2) is 7.98. The molecule has 3 aromatic rings. The first kappa shape index (κ1) is 20.0. The fourth-order valence-electron chi connectivity index (χ4n) is 4.44. The van der Waals surface area contributed by atoms with Gasteiger partial charge >= 0.3 is 0 Å². The average molecular weight is 456 g/mol. The third-order valence-corrected chi connectivity index (χ3v) is 6.40. The highest BCUT2D eigenvalue weighted by atomic mass is 35.5. The summed E-state index contributed by atoms with van der Waals surface area (Å²) < 4.78 is 0. The zero-order chi connectivity index (χ0) is 21.5. The Hall–Kier alpha value is -2.90. The van der Waals surface area contributed by atoms with Gasteiger partial charge in [-0.25, -0.2) is 0 Å². The first-order valence-corrected chi connectivity index (χ1v) is 10.7. The predicted octanol–water partition coefficient (Wildman–Crippen LogP) is 3.51. The van der Waals surface area contributed by atoms with Crippen LogP contribution >= 0.6 is 23.2 Å². The number of benzene rings is 2. The molecule has 7 nitrogen and oxygen atoms in total. The van der Waals surface area contributed by atoms with Crippen molar-refractivity contribution in [2.24, 2.45) is 11.8 Å². The van der Waals surface area contributed by atoms with Crippen molar-refractivity contribution in [3.63, 3.8) is 0 Å². The lowest BCUT2D eigenvalue weighted by Crippen LogP contribution is -2.35. The molecule has 0 saturated carbocycles. The Balaban J connectivity index is 1.20. The maximum absolute atomic E-state index is 12.9. The summed E-state index contributed by atoms with van der Waals surface area (Å²) in [6.07, 6.45) is 3.28. The monoisotopic (exact) mass is 455 g/mol. The van der Waals surface area contributed by atoms with E-state index in [1.807, 2.05) is 15.9 Å². The lowest BCUT2D eigenvalue weighted by Gasteiger charge is -2.21. The number of rotatable bonds is 3. The van der Waals surface area contributed by atoms with E-state index in [1.54, 1.807) is 42.5 Å². The third-order valence-electron chi connectivity index (χ3n) is 5.96. The molecule has 0 radical (unpaired) electrons. The first-order valence-electron chi connectivity index (χ1n) is 9.99. The molecular weight excluding hydrogens is 437 g/mol. The number of H-pyrrole nitrogens is 1. The molecule has 3 heterocycles. The molecule has 1 N–H and O–H groups in total. The largest absolute Gasteiger partial charge is 0.338 e. The SMILES string of the molecule is O=C(C=Cc1cc(Cl)cc(Cl)c1)N1C[C@@H]2CN(C(=O)c3ccc4[nH]nnc4c3)C[C@H]2C1. The van der Waals surface area contributed by atoms with Crippen LogP contribution < -0.4 is 0 Å². The summed E-state index contributed by atoms with van der Waals surface area (Å²) >= 11 is 12.0. The smallest absolute Gasteiger partial charge is 0.253 e. The van der Waals surface area contributed by atoms with Crippen molar-refractivity contribution in [1.29, 1.82) is 0 Å². The van der Waals surface area contributed by atoms with Gasteiger partial charge in [0.1, 0.15) is 5.52 Å². The number of hydrogen-bond donors (Lipinski definition) is 1. The molecule has 2 aliphatic heterocycles. The molecule has 158 valence electrons. The summed E-state index contributed by atoms with van der Waals surface area (Å²) in [5, 5.41) is 11.6. The van der Waals surface area contributed by atoms with Crippen LogP contribution in [0.25, 0.3) is 17.1 Å². The Morgan fingerprint density at radius 3 is 2.35 bits per heavy atom. The predicted molar refractivity (Wildman–Crippen MR) is 119 cm³/mol. The van der Waals surface area contributed by atoms with E-state index in [1.165, 1.54) is 0 Å². The van der Waals surface area contributed by atoms with Crippen LogP contribution in [0.1, 0.15) is 15.9 Å². The van der Waals surface area contributed by atoms with Crippen molar-refractivity contribution in [3.05, 3.63) is 63.6 Å². The number of fused-ring (bicyclic) bond motifs is 2. The van der Waals surface area contributed by atoms with Crippen molar-refractivity contribution in [1.82, 2.24) is 25.2 Å². The van der Waals surface area contributed by atoms with Crippen LogP contribution in [0.3, 0.4) is 0 Å². The van der Waals surface area contributed by atoms with Crippen molar-refractivity contribution in [2.75, 3.05) is 26.2 Å². The Morgan fingerprint density at radius 2 is 1.65 bits per heavy atom. The number of halogens is 2. The molecule has 2 saturated heterocycles. The van der Waals surface area contributed by atoms with Crippen molar-refractivity contribution >= 4 is 52.1 Å². The Morgan fingerprint density at radius 1 is 0.968 bits per heavy atom. The van der Waals surface area contributed by atoms with Gasteiger partial charge < -0.3 is 9.80 Å². The zero-order valence-electron chi connectivity index (χ0n) is 16.5. The molecule has 2 aliphatic rings.